The van der Waals surface area contributed by atoms with E-state index in [9.17, 15) is 9.90 Å². The minimum Gasteiger partial charge on any atom is -0.394 e. The van der Waals surface area contributed by atoms with E-state index in [0.717, 1.165) is 5.56 Å². The number of hydrogen-bond donors (Lipinski definition) is 1. The maximum Gasteiger partial charge on any atom is 0.256 e. The lowest BCUT2D eigenvalue weighted by molar-refractivity contribution is -0.0667. The van der Waals surface area contributed by atoms with Gasteiger partial charge in [0.25, 0.3) is 5.91 Å². The Hall–Kier alpha value is -2.25. The predicted molar refractivity (Wildman–Crippen MR) is 83.4 cm³/mol. The number of benzene rings is 1. The van der Waals surface area contributed by atoms with Gasteiger partial charge in [-0.15, -0.1) is 0 Å². The maximum atomic E-state index is 13.1. The fraction of sp³-hybridized carbons (Fsp3) is 0.438. The van der Waals surface area contributed by atoms with Crippen molar-refractivity contribution in [3.8, 4) is 5.69 Å². The van der Waals surface area contributed by atoms with Gasteiger partial charge < -0.3 is 14.7 Å². The summed E-state index contributed by atoms with van der Waals surface area (Å²) in [4.78, 5) is 16.2. The van der Waals surface area contributed by atoms with Crippen LogP contribution in [0, 0.1) is 6.92 Å². The van der Waals surface area contributed by atoms with E-state index in [1.54, 1.807) is 17.3 Å². The third-order valence-electron chi connectivity index (χ3n) is 3.99. The van der Waals surface area contributed by atoms with Gasteiger partial charge in [-0.3, -0.25) is 4.79 Å². The predicted octanol–water partition coefficient (Wildman–Crippen LogP) is 0.798. The first-order chi connectivity index (χ1) is 11.1. The van der Waals surface area contributed by atoms with E-state index in [4.69, 9.17) is 4.74 Å². The Balaban J connectivity index is 1.97. The van der Waals surface area contributed by atoms with Crippen LogP contribution in [0.25, 0.3) is 5.69 Å². The second kappa shape index (κ2) is 6.47. The number of rotatable bonds is 3. The third kappa shape index (κ3) is 3.11. The average molecular weight is 316 g/mol. The van der Waals surface area contributed by atoms with Gasteiger partial charge in [-0.1, -0.05) is 11.6 Å². The number of ether oxygens (including phenoxy) is 1. The van der Waals surface area contributed by atoms with Gasteiger partial charge in [0, 0.05) is 6.54 Å². The number of aromatic nitrogens is 3. The number of aryl methyl sites for hydroxylation is 1. The Morgan fingerprint density at radius 1 is 1.39 bits per heavy atom. The summed E-state index contributed by atoms with van der Waals surface area (Å²) < 4.78 is 5.51. The molecule has 1 aromatic heterocycles. The molecule has 23 heavy (non-hydrogen) atoms. The van der Waals surface area contributed by atoms with Gasteiger partial charge in [-0.25, -0.2) is 0 Å². The van der Waals surface area contributed by atoms with E-state index in [1.165, 1.54) is 4.80 Å². The molecule has 0 bridgehead atoms. The van der Waals surface area contributed by atoms with Crippen LogP contribution in [0.5, 0.6) is 0 Å². The van der Waals surface area contributed by atoms with E-state index in [2.05, 4.69) is 10.2 Å². The van der Waals surface area contributed by atoms with Crippen LogP contribution in [0.4, 0.5) is 0 Å². The van der Waals surface area contributed by atoms with Gasteiger partial charge in [0.2, 0.25) is 0 Å². The Kier molecular flexibility index (Phi) is 4.40. The zero-order chi connectivity index (χ0) is 16.4. The number of carbonyl (C=O) groups is 1. The van der Waals surface area contributed by atoms with Crippen molar-refractivity contribution in [2.24, 2.45) is 0 Å². The van der Waals surface area contributed by atoms with Crippen molar-refractivity contribution in [1.29, 1.82) is 0 Å². The van der Waals surface area contributed by atoms with Gasteiger partial charge in [0.05, 0.1) is 49.0 Å². The van der Waals surface area contributed by atoms with Crippen molar-refractivity contribution in [3.05, 3.63) is 41.7 Å². The lowest BCUT2D eigenvalue weighted by Crippen LogP contribution is -2.52. The topological polar surface area (TPSA) is 80.5 Å². The van der Waals surface area contributed by atoms with Gasteiger partial charge in [-0.05, 0) is 26.0 Å². The third-order valence-corrected chi connectivity index (χ3v) is 3.99. The minimum atomic E-state index is -0.341. The molecule has 1 aliphatic heterocycles. The summed E-state index contributed by atoms with van der Waals surface area (Å²) in [5, 5.41) is 17.6. The van der Waals surface area contributed by atoms with Crippen LogP contribution in [0.3, 0.4) is 0 Å². The fourth-order valence-corrected chi connectivity index (χ4v) is 2.70. The highest BCUT2D eigenvalue weighted by atomic mass is 16.5. The molecule has 1 aromatic carbocycles. The molecule has 0 spiro atoms. The van der Waals surface area contributed by atoms with E-state index in [1.807, 2.05) is 32.0 Å². The number of hydrogen-bond acceptors (Lipinski definition) is 5. The van der Waals surface area contributed by atoms with Crippen LogP contribution in [-0.2, 0) is 4.74 Å². The van der Waals surface area contributed by atoms with E-state index in [0.29, 0.717) is 24.4 Å². The Labute approximate surface area is 134 Å². The number of carbonyl (C=O) groups excluding carboxylic acids is 1. The molecule has 122 valence electrons. The lowest BCUT2D eigenvalue weighted by Gasteiger charge is -2.37. The van der Waals surface area contributed by atoms with Gasteiger partial charge in [-0.2, -0.15) is 15.0 Å². The molecule has 0 aliphatic carbocycles. The summed E-state index contributed by atoms with van der Waals surface area (Å²) >= 11 is 0. The molecule has 1 amide bonds. The number of morpholine rings is 1. The second-order valence-corrected chi connectivity index (χ2v) is 5.78. The second-order valence-electron chi connectivity index (χ2n) is 5.78. The molecule has 7 heteroatoms. The van der Waals surface area contributed by atoms with Gasteiger partial charge in [0.1, 0.15) is 0 Å². The van der Waals surface area contributed by atoms with E-state index >= 15 is 0 Å². The number of amides is 1. The highest BCUT2D eigenvalue weighted by molar-refractivity contribution is 5.98. The first-order valence-electron chi connectivity index (χ1n) is 7.61. The molecule has 0 radical (unpaired) electrons. The number of aliphatic hydroxyl groups is 1. The summed E-state index contributed by atoms with van der Waals surface area (Å²) in [6.45, 7) is 4.57. The molecule has 0 saturated carbocycles. The van der Waals surface area contributed by atoms with Crippen LogP contribution in [0.1, 0.15) is 22.8 Å². The fourth-order valence-electron chi connectivity index (χ4n) is 2.70. The van der Waals surface area contributed by atoms with Crippen molar-refractivity contribution < 1.29 is 14.6 Å². The van der Waals surface area contributed by atoms with Gasteiger partial charge in [0.15, 0.2) is 0 Å². The van der Waals surface area contributed by atoms with Crippen LogP contribution in [0.15, 0.2) is 30.6 Å². The SMILES string of the molecule is Cc1ccc(-n2nccn2)c(C(=O)N2C[C@H](CO)OC[C@H]2C)c1. The molecule has 2 aromatic rings. The van der Waals surface area contributed by atoms with Crippen molar-refractivity contribution in [3.63, 3.8) is 0 Å². The largest absolute Gasteiger partial charge is 0.394 e. The smallest absolute Gasteiger partial charge is 0.256 e. The molecule has 2 atom stereocenters. The first-order valence-corrected chi connectivity index (χ1v) is 7.61. The molecule has 0 unspecified atom stereocenters. The summed E-state index contributed by atoms with van der Waals surface area (Å²) in [5.74, 6) is -0.102. The molecule has 1 aliphatic rings. The normalized spacial score (nSPS) is 21.4. The Morgan fingerprint density at radius 2 is 2.13 bits per heavy atom. The Bertz CT molecular complexity index is 687. The molecule has 1 N–H and O–H groups in total. The summed E-state index contributed by atoms with van der Waals surface area (Å²) in [7, 11) is 0. The van der Waals surface area contributed by atoms with Crippen molar-refractivity contribution in [2.75, 3.05) is 19.8 Å². The van der Waals surface area contributed by atoms with E-state index in [-0.39, 0.29) is 24.7 Å². The van der Waals surface area contributed by atoms with Crippen molar-refractivity contribution >= 4 is 5.91 Å². The zero-order valence-electron chi connectivity index (χ0n) is 13.2. The molecular weight excluding hydrogens is 296 g/mol. The molecule has 7 nitrogen and oxygen atoms in total. The standard InChI is InChI=1S/C16H20N4O3/c1-11-3-4-15(20-17-5-6-18-20)14(7-11)16(22)19-8-13(9-21)23-10-12(19)2/h3-7,12-13,21H,8-10H2,1-2H3/t12-,13-/m1/s1. The minimum absolute atomic E-state index is 0.0516. The molecular formula is C16H20N4O3. The monoisotopic (exact) mass is 316 g/mol. The van der Waals surface area contributed by atoms with Crippen molar-refractivity contribution in [2.45, 2.75) is 26.0 Å². The zero-order valence-corrected chi connectivity index (χ0v) is 13.2. The summed E-state index contributed by atoms with van der Waals surface area (Å²) in [5.41, 5.74) is 2.18. The summed E-state index contributed by atoms with van der Waals surface area (Å²) in [6, 6.07) is 5.56. The summed E-state index contributed by atoms with van der Waals surface area (Å²) in [6.07, 6.45) is 2.81. The van der Waals surface area contributed by atoms with E-state index < -0.39 is 0 Å². The lowest BCUT2D eigenvalue weighted by atomic mass is 10.1. The Morgan fingerprint density at radius 3 is 2.83 bits per heavy atom. The molecule has 2 heterocycles. The van der Waals surface area contributed by atoms with Gasteiger partial charge >= 0.3 is 0 Å². The molecule has 1 saturated heterocycles. The molecule has 1 fully saturated rings. The highest BCUT2D eigenvalue weighted by Gasteiger charge is 2.31. The van der Waals surface area contributed by atoms with Crippen LogP contribution in [-0.4, -0.2) is 62.8 Å². The maximum absolute atomic E-state index is 13.1. The van der Waals surface area contributed by atoms with Crippen molar-refractivity contribution in [1.82, 2.24) is 19.9 Å². The number of nitrogens with zero attached hydrogens (tertiary/aromatic N) is 4. The average Bonchev–Trinajstić information content (AvgIpc) is 3.09. The quantitative estimate of drug-likeness (QED) is 0.906. The first kappa shape index (κ1) is 15.6. The molecule has 3 rings (SSSR count). The van der Waals surface area contributed by atoms with Crippen LogP contribution < -0.4 is 0 Å². The van der Waals surface area contributed by atoms with Crippen LogP contribution in [0.2, 0.25) is 0 Å². The van der Waals surface area contributed by atoms with Crippen LogP contribution >= 0.6 is 0 Å². The number of aliphatic hydroxyl groups excluding tert-OH is 1. The highest BCUT2D eigenvalue weighted by Crippen LogP contribution is 2.21.